The molecule has 2 atom stereocenters. The number of amides is 2. The SMILES string of the molecule is CCn1cc(NC(=O)N[C@H]2C[C@@H](OC)C2(CC)CC)ccc1=O. The van der Waals surface area contributed by atoms with Gasteiger partial charge in [-0.1, -0.05) is 13.8 Å². The molecule has 128 valence electrons. The van der Waals surface area contributed by atoms with E-state index in [0.717, 1.165) is 19.3 Å². The van der Waals surface area contributed by atoms with Gasteiger partial charge in [-0.3, -0.25) is 4.79 Å². The third-order valence-corrected chi connectivity index (χ3v) is 5.27. The molecule has 1 aromatic rings. The van der Waals surface area contributed by atoms with Crippen molar-refractivity contribution in [3.8, 4) is 0 Å². The molecule has 0 aromatic carbocycles. The van der Waals surface area contributed by atoms with Crippen molar-refractivity contribution >= 4 is 11.7 Å². The van der Waals surface area contributed by atoms with Crippen LogP contribution in [0.3, 0.4) is 0 Å². The molecule has 1 fully saturated rings. The van der Waals surface area contributed by atoms with Crippen molar-refractivity contribution in [1.29, 1.82) is 0 Å². The molecule has 0 aliphatic heterocycles. The average Bonchev–Trinajstić information content (AvgIpc) is 2.54. The number of pyridine rings is 1. The van der Waals surface area contributed by atoms with E-state index in [2.05, 4.69) is 24.5 Å². The highest BCUT2D eigenvalue weighted by Crippen LogP contribution is 2.48. The number of rotatable bonds is 6. The highest BCUT2D eigenvalue weighted by molar-refractivity contribution is 5.89. The second kappa shape index (κ2) is 7.17. The topological polar surface area (TPSA) is 72.4 Å². The molecule has 0 saturated heterocycles. The van der Waals surface area contributed by atoms with Gasteiger partial charge >= 0.3 is 6.03 Å². The molecule has 1 saturated carbocycles. The first kappa shape index (κ1) is 17.5. The summed E-state index contributed by atoms with van der Waals surface area (Å²) in [6.07, 6.45) is 4.62. The Morgan fingerprint density at radius 1 is 1.35 bits per heavy atom. The van der Waals surface area contributed by atoms with E-state index in [9.17, 15) is 9.59 Å². The molecule has 6 nitrogen and oxygen atoms in total. The van der Waals surface area contributed by atoms with Crippen molar-refractivity contribution in [2.45, 2.75) is 58.7 Å². The van der Waals surface area contributed by atoms with Crippen LogP contribution >= 0.6 is 0 Å². The number of hydrogen-bond acceptors (Lipinski definition) is 3. The fourth-order valence-corrected chi connectivity index (χ4v) is 3.66. The molecule has 1 aliphatic rings. The van der Waals surface area contributed by atoms with Crippen molar-refractivity contribution in [2.24, 2.45) is 5.41 Å². The van der Waals surface area contributed by atoms with Crippen LogP contribution in [0.1, 0.15) is 40.0 Å². The highest BCUT2D eigenvalue weighted by atomic mass is 16.5. The predicted molar refractivity (Wildman–Crippen MR) is 90.7 cm³/mol. The second-order valence-electron chi connectivity index (χ2n) is 6.09. The van der Waals surface area contributed by atoms with Crippen LogP contribution in [0.2, 0.25) is 0 Å². The number of aryl methyl sites for hydroxylation is 1. The molecule has 0 radical (unpaired) electrons. The van der Waals surface area contributed by atoms with Crippen molar-refractivity contribution in [3.63, 3.8) is 0 Å². The summed E-state index contributed by atoms with van der Waals surface area (Å²) in [4.78, 5) is 23.8. The van der Waals surface area contributed by atoms with Gasteiger partial charge in [0.05, 0.1) is 11.8 Å². The van der Waals surface area contributed by atoms with Gasteiger partial charge in [0.2, 0.25) is 0 Å². The number of carbonyl (C=O) groups is 1. The number of anilines is 1. The fourth-order valence-electron chi connectivity index (χ4n) is 3.66. The maximum absolute atomic E-state index is 12.3. The quantitative estimate of drug-likeness (QED) is 0.846. The zero-order valence-electron chi connectivity index (χ0n) is 14.4. The van der Waals surface area contributed by atoms with E-state index >= 15 is 0 Å². The number of aromatic nitrogens is 1. The smallest absolute Gasteiger partial charge is 0.319 e. The van der Waals surface area contributed by atoms with Gasteiger partial charge in [0.25, 0.3) is 5.56 Å². The van der Waals surface area contributed by atoms with Crippen molar-refractivity contribution < 1.29 is 9.53 Å². The van der Waals surface area contributed by atoms with Crippen molar-refractivity contribution in [2.75, 3.05) is 12.4 Å². The van der Waals surface area contributed by atoms with Gasteiger partial charge in [-0.25, -0.2) is 4.79 Å². The highest BCUT2D eigenvalue weighted by Gasteiger charge is 2.53. The molecule has 1 heterocycles. The largest absolute Gasteiger partial charge is 0.381 e. The number of nitrogens with one attached hydrogen (secondary N) is 2. The van der Waals surface area contributed by atoms with Gasteiger partial charge in [-0.15, -0.1) is 0 Å². The Morgan fingerprint density at radius 3 is 2.61 bits per heavy atom. The van der Waals surface area contributed by atoms with Gasteiger partial charge in [0.1, 0.15) is 0 Å². The van der Waals surface area contributed by atoms with Crippen LogP contribution in [0, 0.1) is 5.41 Å². The van der Waals surface area contributed by atoms with Gasteiger partial charge in [0, 0.05) is 37.4 Å². The molecule has 0 spiro atoms. The van der Waals surface area contributed by atoms with Crippen LogP contribution in [0.25, 0.3) is 0 Å². The number of urea groups is 1. The summed E-state index contributed by atoms with van der Waals surface area (Å²) in [6.45, 7) is 6.74. The molecule has 6 heteroatoms. The number of hydrogen-bond donors (Lipinski definition) is 2. The van der Waals surface area contributed by atoms with Crippen molar-refractivity contribution in [1.82, 2.24) is 9.88 Å². The van der Waals surface area contributed by atoms with Crippen LogP contribution in [0.4, 0.5) is 10.5 Å². The molecule has 23 heavy (non-hydrogen) atoms. The van der Waals surface area contributed by atoms with E-state index in [0.29, 0.717) is 12.2 Å². The number of nitrogens with zero attached hydrogens (tertiary/aromatic N) is 1. The third kappa shape index (κ3) is 3.27. The van der Waals surface area contributed by atoms with Gasteiger partial charge in [0.15, 0.2) is 0 Å². The Hall–Kier alpha value is -1.82. The first-order chi connectivity index (χ1) is 11.0. The summed E-state index contributed by atoms with van der Waals surface area (Å²) >= 11 is 0. The molecule has 1 aliphatic carbocycles. The minimum absolute atomic E-state index is 0.00823. The summed E-state index contributed by atoms with van der Waals surface area (Å²) in [7, 11) is 1.73. The van der Waals surface area contributed by atoms with Gasteiger partial charge in [-0.05, 0) is 32.3 Å². The lowest BCUT2D eigenvalue weighted by atomic mass is 9.58. The molecular formula is C17H27N3O3. The minimum atomic E-state index is -0.239. The van der Waals surface area contributed by atoms with E-state index in [1.165, 1.54) is 6.07 Å². The molecule has 2 amide bonds. The van der Waals surface area contributed by atoms with Gasteiger partial charge in [-0.2, -0.15) is 0 Å². The Bertz CT molecular complexity index is 607. The van der Waals surface area contributed by atoms with E-state index in [-0.39, 0.29) is 29.2 Å². The lowest BCUT2D eigenvalue weighted by Gasteiger charge is -2.54. The van der Waals surface area contributed by atoms with E-state index in [1.54, 1.807) is 23.9 Å². The van der Waals surface area contributed by atoms with Crippen LogP contribution in [0.5, 0.6) is 0 Å². The van der Waals surface area contributed by atoms with E-state index in [1.807, 2.05) is 6.92 Å². The molecule has 0 unspecified atom stereocenters. The summed E-state index contributed by atoms with van der Waals surface area (Å²) in [6, 6.07) is 2.96. The first-order valence-electron chi connectivity index (χ1n) is 8.31. The zero-order valence-corrected chi connectivity index (χ0v) is 14.4. The Morgan fingerprint density at radius 2 is 2.04 bits per heavy atom. The fraction of sp³-hybridized carbons (Fsp3) is 0.647. The lowest BCUT2D eigenvalue weighted by molar-refractivity contribution is -0.119. The van der Waals surface area contributed by atoms with Crippen molar-refractivity contribution in [3.05, 3.63) is 28.7 Å². The minimum Gasteiger partial charge on any atom is -0.381 e. The Kier molecular flexibility index (Phi) is 5.46. The maximum Gasteiger partial charge on any atom is 0.319 e. The molecule has 2 N–H and O–H groups in total. The van der Waals surface area contributed by atoms with Crippen LogP contribution in [0.15, 0.2) is 23.1 Å². The van der Waals surface area contributed by atoms with E-state index in [4.69, 9.17) is 4.74 Å². The molecule has 1 aromatic heterocycles. The average molecular weight is 321 g/mol. The third-order valence-electron chi connectivity index (χ3n) is 5.27. The normalized spacial score (nSPS) is 22.3. The zero-order chi connectivity index (χ0) is 17.0. The van der Waals surface area contributed by atoms with Crippen LogP contribution in [-0.2, 0) is 11.3 Å². The summed E-state index contributed by atoms with van der Waals surface area (Å²) in [5, 5.41) is 5.87. The molecule has 2 rings (SSSR count). The number of carbonyl (C=O) groups excluding carboxylic acids is 1. The number of methoxy groups -OCH3 is 1. The Labute approximate surface area is 137 Å². The molecular weight excluding hydrogens is 294 g/mol. The molecule has 0 bridgehead atoms. The lowest BCUT2D eigenvalue weighted by Crippen LogP contribution is -2.64. The summed E-state index contributed by atoms with van der Waals surface area (Å²) < 4.78 is 7.11. The standard InChI is InChI=1S/C17H27N3O3/c1-5-17(6-2)13(10-14(17)23-4)19-16(22)18-12-8-9-15(21)20(7-3)11-12/h8-9,11,13-14H,5-7,10H2,1-4H3,(H2,18,19,22)/t13-,14+/m0/s1. The maximum atomic E-state index is 12.3. The van der Waals surface area contributed by atoms with Crippen LogP contribution < -0.4 is 16.2 Å². The predicted octanol–water partition coefficient (Wildman–Crippen LogP) is 2.58. The summed E-state index contributed by atoms with van der Waals surface area (Å²) in [5.74, 6) is 0. The first-order valence-corrected chi connectivity index (χ1v) is 8.31. The van der Waals surface area contributed by atoms with E-state index < -0.39 is 0 Å². The Balaban J connectivity index is 2.01. The second-order valence-corrected chi connectivity index (χ2v) is 6.09. The van der Waals surface area contributed by atoms with Gasteiger partial charge < -0.3 is 19.9 Å². The summed E-state index contributed by atoms with van der Waals surface area (Å²) in [5.41, 5.74) is 0.551. The number of ether oxygens (including phenoxy) is 1. The van der Waals surface area contributed by atoms with Crippen LogP contribution in [-0.4, -0.2) is 29.9 Å². The monoisotopic (exact) mass is 321 g/mol.